The van der Waals surface area contributed by atoms with E-state index in [1.807, 2.05) is 17.8 Å². The van der Waals surface area contributed by atoms with Crippen LogP contribution in [-0.2, 0) is 11.8 Å². The molecule has 1 amide bonds. The number of rotatable bonds is 4. The number of hydrogen-bond acceptors (Lipinski definition) is 5. The summed E-state index contributed by atoms with van der Waals surface area (Å²) in [4.78, 5) is 17.9. The lowest BCUT2D eigenvalue weighted by Gasteiger charge is -2.35. The maximum Gasteiger partial charge on any atom is 0.233 e. The summed E-state index contributed by atoms with van der Waals surface area (Å²) >= 11 is 1.40. The highest BCUT2D eigenvalue weighted by molar-refractivity contribution is 7.99. The number of aryl methyl sites for hydroxylation is 1. The van der Waals surface area contributed by atoms with Crippen LogP contribution in [0.2, 0.25) is 0 Å². The van der Waals surface area contributed by atoms with Crippen molar-refractivity contribution in [2.75, 3.05) is 25.4 Å². The van der Waals surface area contributed by atoms with Gasteiger partial charge in [-0.05, 0) is 6.42 Å². The van der Waals surface area contributed by atoms with Crippen LogP contribution in [0.5, 0.6) is 0 Å². The number of carbonyl (C=O) groups is 1. The molecular weight excluding hydrogens is 266 g/mol. The summed E-state index contributed by atoms with van der Waals surface area (Å²) in [5.41, 5.74) is 0. The van der Waals surface area contributed by atoms with Crippen molar-refractivity contribution in [3.8, 4) is 0 Å². The van der Waals surface area contributed by atoms with Gasteiger partial charge in [0.2, 0.25) is 5.91 Å². The predicted octanol–water partition coefficient (Wildman–Crippen LogP) is -0.286. The molecule has 106 valence electrons. The second-order valence-corrected chi connectivity index (χ2v) is 5.69. The molecule has 0 radical (unpaired) electrons. The van der Waals surface area contributed by atoms with Gasteiger partial charge in [-0.3, -0.25) is 4.79 Å². The van der Waals surface area contributed by atoms with E-state index in [-0.39, 0.29) is 18.4 Å². The molecule has 0 saturated carbocycles. The van der Waals surface area contributed by atoms with Crippen LogP contribution in [0.15, 0.2) is 17.6 Å². The first-order valence-electron chi connectivity index (χ1n) is 6.28. The average molecular weight is 285 g/mol. The van der Waals surface area contributed by atoms with Crippen LogP contribution in [-0.4, -0.2) is 62.1 Å². The number of aliphatic hydroxyl groups is 2. The number of amides is 1. The van der Waals surface area contributed by atoms with Crippen molar-refractivity contribution in [2.24, 2.45) is 13.0 Å². The molecule has 1 aromatic rings. The molecule has 1 aliphatic rings. The van der Waals surface area contributed by atoms with E-state index in [1.54, 1.807) is 11.1 Å². The Balaban J connectivity index is 1.85. The zero-order valence-electron chi connectivity index (χ0n) is 10.9. The van der Waals surface area contributed by atoms with Crippen molar-refractivity contribution in [1.29, 1.82) is 0 Å². The van der Waals surface area contributed by atoms with Gasteiger partial charge in [0.25, 0.3) is 0 Å². The Morgan fingerprint density at radius 1 is 1.63 bits per heavy atom. The number of aromatic nitrogens is 2. The third kappa shape index (κ3) is 3.49. The fourth-order valence-electron chi connectivity index (χ4n) is 2.13. The molecule has 0 aliphatic carbocycles. The quantitative estimate of drug-likeness (QED) is 0.744. The van der Waals surface area contributed by atoms with Gasteiger partial charge in [0.1, 0.15) is 0 Å². The Morgan fingerprint density at radius 2 is 2.42 bits per heavy atom. The molecule has 1 saturated heterocycles. The fourth-order valence-corrected chi connectivity index (χ4v) is 2.97. The molecule has 1 fully saturated rings. The fraction of sp³-hybridized carbons (Fsp3) is 0.667. The number of nitrogens with zero attached hydrogens (tertiary/aromatic N) is 3. The Morgan fingerprint density at radius 3 is 3.05 bits per heavy atom. The van der Waals surface area contributed by atoms with E-state index in [0.29, 0.717) is 25.3 Å². The van der Waals surface area contributed by atoms with Gasteiger partial charge in [-0.1, -0.05) is 11.8 Å². The molecule has 0 aromatic carbocycles. The first-order chi connectivity index (χ1) is 9.11. The molecular formula is C12H19N3O3S. The van der Waals surface area contributed by atoms with Crippen molar-refractivity contribution in [2.45, 2.75) is 17.7 Å². The van der Waals surface area contributed by atoms with Gasteiger partial charge in [-0.15, -0.1) is 0 Å². The van der Waals surface area contributed by atoms with E-state index < -0.39 is 6.10 Å². The van der Waals surface area contributed by atoms with Gasteiger partial charge in [0.15, 0.2) is 5.16 Å². The second kappa shape index (κ2) is 6.40. The van der Waals surface area contributed by atoms with E-state index in [1.165, 1.54) is 11.8 Å². The van der Waals surface area contributed by atoms with Crippen LogP contribution >= 0.6 is 11.8 Å². The maximum atomic E-state index is 12.1. The van der Waals surface area contributed by atoms with Gasteiger partial charge in [0.05, 0.1) is 18.5 Å². The molecule has 2 N–H and O–H groups in total. The summed E-state index contributed by atoms with van der Waals surface area (Å²) in [5, 5.41) is 19.6. The van der Waals surface area contributed by atoms with Gasteiger partial charge in [0, 0.05) is 38.4 Å². The first kappa shape index (κ1) is 14.4. The lowest BCUT2D eigenvalue weighted by atomic mass is 9.95. The van der Waals surface area contributed by atoms with Crippen molar-refractivity contribution in [3.05, 3.63) is 12.4 Å². The molecule has 2 rings (SSSR count). The summed E-state index contributed by atoms with van der Waals surface area (Å²) in [6.07, 6.45) is 3.57. The van der Waals surface area contributed by atoms with Gasteiger partial charge < -0.3 is 19.7 Å². The van der Waals surface area contributed by atoms with Gasteiger partial charge in [-0.25, -0.2) is 4.98 Å². The predicted molar refractivity (Wildman–Crippen MR) is 71.7 cm³/mol. The molecule has 0 spiro atoms. The van der Waals surface area contributed by atoms with Crippen molar-refractivity contribution < 1.29 is 15.0 Å². The third-order valence-corrected chi connectivity index (χ3v) is 4.43. The Hall–Kier alpha value is -1.05. The Kier molecular flexibility index (Phi) is 4.84. The highest BCUT2D eigenvalue weighted by Crippen LogP contribution is 2.20. The molecule has 2 heterocycles. The lowest BCUT2D eigenvalue weighted by Crippen LogP contribution is -2.47. The number of aliphatic hydroxyl groups excluding tert-OH is 2. The standard InChI is InChI=1S/C12H19N3O3S/c1-14-5-3-13-12(14)19-8-11(18)15-4-2-10(17)9(6-15)7-16/h3,5,9-10,16-17H,2,4,6-8H2,1H3/t9-,10-/m1/s1. The number of hydrogen-bond donors (Lipinski definition) is 2. The highest BCUT2D eigenvalue weighted by Gasteiger charge is 2.29. The zero-order valence-corrected chi connectivity index (χ0v) is 11.7. The first-order valence-corrected chi connectivity index (χ1v) is 7.27. The maximum absolute atomic E-state index is 12.1. The monoisotopic (exact) mass is 285 g/mol. The molecule has 7 heteroatoms. The molecule has 2 atom stereocenters. The normalized spacial score (nSPS) is 23.6. The van der Waals surface area contributed by atoms with E-state index in [2.05, 4.69) is 4.98 Å². The third-order valence-electron chi connectivity index (χ3n) is 3.38. The van der Waals surface area contributed by atoms with Crippen molar-refractivity contribution in [1.82, 2.24) is 14.5 Å². The molecule has 1 aromatic heterocycles. The summed E-state index contributed by atoms with van der Waals surface area (Å²) in [5.74, 6) is 0.133. The molecule has 6 nitrogen and oxygen atoms in total. The lowest BCUT2D eigenvalue weighted by molar-refractivity contribution is -0.132. The topological polar surface area (TPSA) is 78.6 Å². The minimum Gasteiger partial charge on any atom is -0.396 e. The van der Waals surface area contributed by atoms with Gasteiger partial charge in [-0.2, -0.15) is 0 Å². The Labute approximate surface area is 116 Å². The molecule has 0 bridgehead atoms. The van der Waals surface area contributed by atoms with Crippen molar-refractivity contribution >= 4 is 17.7 Å². The SMILES string of the molecule is Cn1ccnc1SCC(=O)N1CC[C@@H](O)[C@@H](CO)C1. The average Bonchev–Trinajstić information content (AvgIpc) is 2.82. The molecule has 19 heavy (non-hydrogen) atoms. The minimum absolute atomic E-state index is 0.0263. The number of piperidine rings is 1. The van der Waals surface area contributed by atoms with E-state index >= 15 is 0 Å². The van der Waals surface area contributed by atoms with Crippen LogP contribution in [0.4, 0.5) is 0 Å². The highest BCUT2D eigenvalue weighted by atomic mass is 32.2. The van der Waals surface area contributed by atoms with Crippen LogP contribution < -0.4 is 0 Å². The number of thioether (sulfide) groups is 1. The number of carbonyl (C=O) groups excluding carboxylic acids is 1. The van der Waals surface area contributed by atoms with Crippen LogP contribution in [0.3, 0.4) is 0 Å². The van der Waals surface area contributed by atoms with Crippen LogP contribution in [0.1, 0.15) is 6.42 Å². The molecule has 0 unspecified atom stereocenters. The van der Waals surface area contributed by atoms with E-state index in [9.17, 15) is 9.90 Å². The zero-order chi connectivity index (χ0) is 13.8. The van der Waals surface area contributed by atoms with E-state index in [4.69, 9.17) is 5.11 Å². The second-order valence-electron chi connectivity index (χ2n) is 4.75. The number of likely N-dealkylation sites (tertiary alicyclic amines) is 1. The Bertz CT molecular complexity index is 438. The largest absolute Gasteiger partial charge is 0.396 e. The molecule has 1 aliphatic heterocycles. The van der Waals surface area contributed by atoms with Crippen LogP contribution in [0, 0.1) is 5.92 Å². The summed E-state index contributed by atoms with van der Waals surface area (Å²) in [6.45, 7) is 0.896. The van der Waals surface area contributed by atoms with Crippen LogP contribution in [0.25, 0.3) is 0 Å². The summed E-state index contributed by atoms with van der Waals surface area (Å²) < 4.78 is 1.87. The van der Waals surface area contributed by atoms with Crippen molar-refractivity contribution in [3.63, 3.8) is 0 Å². The van der Waals surface area contributed by atoms with Gasteiger partial charge >= 0.3 is 0 Å². The van der Waals surface area contributed by atoms with E-state index in [0.717, 1.165) is 5.16 Å². The number of imidazole rings is 1. The summed E-state index contributed by atoms with van der Waals surface area (Å²) in [6, 6.07) is 0. The smallest absolute Gasteiger partial charge is 0.233 e. The minimum atomic E-state index is -0.503. The summed E-state index contributed by atoms with van der Waals surface area (Å²) in [7, 11) is 1.89.